The highest BCUT2D eigenvalue weighted by Crippen LogP contribution is 2.21. The molecule has 0 bridgehead atoms. The van der Waals surface area contributed by atoms with E-state index in [9.17, 15) is 4.79 Å². The Morgan fingerprint density at radius 2 is 2.06 bits per heavy atom. The molecule has 2 nitrogen and oxygen atoms in total. The number of hydrogen-bond donors (Lipinski definition) is 0. The fourth-order valence-electron chi connectivity index (χ4n) is 1.38. The van der Waals surface area contributed by atoms with E-state index in [0.29, 0.717) is 5.76 Å². The summed E-state index contributed by atoms with van der Waals surface area (Å²) < 4.78 is 5.20. The van der Waals surface area contributed by atoms with Crippen molar-refractivity contribution in [2.75, 3.05) is 0 Å². The van der Waals surface area contributed by atoms with Gasteiger partial charge in [-0.2, -0.15) is 0 Å². The van der Waals surface area contributed by atoms with E-state index in [1.54, 1.807) is 0 Å². The summed E-state index contributed by atoms with van der Waals surface area (Å²) >= 11 is 1.45. The van der Waals surface area contributed by atoms with Crippen LogP contribution in [0.5, 0.6) is 0 Å². The highest BCUT2D eigenvalue weighted by Gasteiger charge is 2.06. The van der Waals surface area contributed by atoms with Gasteiger partial charge in [-0.05, 0) is 23.1 Å². The minimum atomic E-state index is -0.327. The Morgan fingerprint density at radius 1 is 1.29 bits per heavy atom. The van der Waals surface area contributed by atoms with Gasteiger partial charge in [-0.25, -0.2) is 0 Å². The van der Waals surface area contributed by atoms with Crippen LogP contribution in [0.3, 0.4) is 0 Å². The third kappa shape index (κ3) is 3.29. The lowest BCUT2D eigenvalue weighted by Gasteiger charge is -2.04. The second kappa shape index (κ2) is 5.46. The molecule has 2 rings (SSSR count). The van der Waals surface area contributed by atoms with Crippen molar-refractivity contribution in [2.45, 2.75) is 6.92 Å². The van der Waals surface area contributed by atoms with Crippen LogP contribution < -0.4 is 0 Å². The molecule has 1 radical (unpaired) electrons. The number of benzene rings is 1. The summed E-state index contributed by atoms with van der Waals surface area (Å²) in [6, 6.07) is 11.6. The number of rotatable bonds is 3. The van der Waals surface area contributed by atoms with Gasteiger partial charge in [0.25, 0.3) is 0 Å². The fourth-order valence-corrected chi connectivity index (χ4v) is 1.95. The Bertz CT molecular complexity index is 512. The molecule has 0 N–H and O–H groups in total. The molecule has 0 amide bonds. The second-order valence-electron chi connectivity index (χ2n) is 3.45. The first kappa shape index (κ1) is 11.6. The van der Waals surface area contributed by atoms with Crippen molar-refractivity contribution in [1.29, 1.82) is 0 Å². The highest BCUT2D eigenvalue weighted by molar-refractivity contribution is 7.07. The molecule has 2 aromatic rings. The lowest BCUT2D eigenvalue weighted by molar-refractivity contribution is -0.134. The van der Waals surface area contributed by atoms with E-state index in [-0.39, 0.29) is 5.97 Å². The molecule has 0 atom stereocenters. The van der Waals surface area contributed by atoms with Gasteiger partial charge in [-0.15, -0.1) is 11.3 Å². The first-order valence-corrected chi connectivity index (χ1v) is 6.04. The van der Waals surface area contributed by atoms with Crippen LogP contribution in [-0.2, 0) is 9.53 Å². The zero-order valence-corrected chi connectivity index (χ0v) is 10.2. The largest absolute Gasteiger partial charge is 0.426 e. The van der Waals surface area contributed by atoms with E-state index in [1.165, 1.54) is 18.3 Å². The van der Waals surface area contributed by atoms with Crippen molar-refractivity contribution in [2.24, 2.45) is 0 Å². The zero-order chi connectivity index (χ0) is 12.1. The quantitative estimate of drug-likeness (QED) is 0.608. The first-order chi connectivity index (χ1) is 8.25. The van der Waals surface area contributed by atoms with Gasteiger partial charge >= 0.3 is 5.97 Å². The van der Waals surface area contributed by atoms with E-state index < -0.39 is 0 Å². The molecule has 85 valence electrons. The van der Waals surface area contributed by atoms with Crippen LogP contribution in [0.1, 0.15) is 18.1 Å². The van der Waals surface area contributed by atoms with E-state index in [1.807, 2.05) is 47.9 Å². The van der Waals surface area contributed by atoms with Crippen molar-refractivity contribution in [3.8, 4) is 0 Å². The fraction of sp³-hybridized carbons (Fsp3) is 0.0714. The summed E-state index contributed by atoms with van der Waals surface area (Å²) in [7, 11) is 0. The molecule has 1 heterocycles. The van der Waals surface area contributed by atoms with Gasteiger partial charge in [0.2, 0.25) is 0 Å². The number of hydrogen-bond acceptors (Lipinski definition) is 3. The zero-order valence-electron chi connectivity index (χ0n) is 9.34. The van der Waals surface area contributed by atoms with Crippen LogP contribution in [-0.4, -0.2) is 5.97 Å². The van der Waals surface area contributed by atoms with Gasteiger partial charge in [-0.1, -0.05) is 30.3 Å². The van der Waals surface area contributed by atoms with Crippen LogP contribution in [0.4, 0.5) is 0 Å². The summed E-state index contributed by atoms with van der Waals surface area (Å²) in [5, 5.41) is 4.96. The maximum absolute atomic E-state index is 11.1. The van der Waals surface area contributed by atoms with E-state index in [0.717, 1.165) is 11.1 Å². The molecule has 0 unspecified atom stereocenters. The van der Waals surface area contributed by atoms with Crippen molar-refractivity contribution in [3.63, 3.8) is 0 Å². The number of carbonyl (C=O) groups is 1. The molecule has 0 aliphatic carbocycles. The van der Waals surface area contributed by atoms with Crippen molar-refractivity contribution >= 4 is 29.1 Å². The number of ether oxygens (including phenoxy) is 1. The lowest BCUT2D eigenvalue weighted by atomic mass is 10.1. The number of carbonyl (C=O) groups excluding carboxylic acids is 1. The molecule has 1 aromatic heterocycles. The summed E-state index contributed by atoms with van der Waals surface area (Å²) in [5.74, 6) is 0.205. The predicted octanol–water partition coefficient (Wildman–Crippen LogP) is 3.61. The topological polar surface area (TPSA) is 26.3 Å². The Labute approximate surface area is 104 Å². The van der Waals surface area contributed by atoms with E-state index in [4.69, 9.17) is 4.74 Å². The van der Waals surface area contributed by atoms with Gasteiger partial charge < -0.3 is 4.74 Å². The van der Waals surface area contributed by atoms with Crippen LogP contribution in [0.2, 0.25) is 0 Å². The normalized spacial score (nSPS) is 11.2. The maximum atomic E-state index is 11.1. The Balaban J connectivity index is 2.34. The Hall–Kier alpha value is -1.87. The van der Waals surface area contributed by atoms with Gasteiger partial charge in [0.15, 0.2) is 0 Å². The summed E-state index contributed by atoms with van der Waals surface area (Å²) in [4.78, 5) is 11.1. The molecule has 0 saturated heterocycles. The molecular weight excluding hydrogens is 232 g/mol. The van der Waals surface area contributed by atoms with Crippen LogP contribution in [0.25, 0.3) is 11.8 Å². The molecule has 17 heavy (non-hydrogen) atoms. The Kier molecular flexibility index (Phi) is 3.73. The van der Waals surface area contributed by atoms with Gasteiger partial charge in [-0.3, -0.25) is 4.79 Å². The second-order valence-corrected chi connectivity index (χ2v) is 4.16. The van der Waals surface area contributed by atoms with Gasteiger partial charge in [0.1, 0.15) is 5.76 Å². The molecule has 3 heteroatoms. The molecule has 1 aromatic carbocycles. The Morgan fingerprint density at radius 3 is 2.65 bits per heavy atom. The van der Waals surface area contributed by atoms with E-state index >= 15 is 0 Å². The molecule has 0 fully saturated rings. The number of thiophene rings is 1. The van der Waals surface area contributed by atoms with E-state index in [2.05, 4.69) is 5.38 Å². The monoisotopic (exact) mass is 243 g/mol. The van der Waals surface area contributed by atoms with Crippen molar-refractivity contribution in [1.82, 2.24) is 0 Å². The third-order valence-electron chi connectivity index (χ3n) is 2.09. The maximum Gasteiger partial charge on any atom is 0.308 e. The summed E-state index contributed by atoms with van der Waals surface area (Å²) in [6.45, 7) is 1.39. The third-order valence-corrected chi connectivity index (χ3v) is 2.70. The number of esters is 1. The molecular formula is C14H11O2S. The smallest absolute Gasteiger partial charge is 0.308 e. The lowest BCUT2D eigenvalue weighted by Crippen LogP contribution is -1.97. The average Bonchev–Trinajstić information content (AvgIpc) is 2.82. The first-order valence-electron chi connectivity index (χ1n) is 5.16. The SMILES string of the molecule is CC(=O)OC(=Cc1ccccc1)c1[c]scc1. The standard InChI is InChI=1S/C14H11O2S/c1-11(15)16-14(13-7-8-17-10-13)9-12-5-3-2-4-6-12/h2-9H,1H3. The molecule has 0 aliphatic rings. The average molecular weight is 243 g/mol. The highest BCUT2D eigenvalue weighted by atomic mass is 32.1. The summed E-state index contributed by atoms with van der Waals surface area (Å²) in [5.41, 5.74) is 1.79. The predicted molar refractivity (Wildman–Crippen MR) is 69.2 cm³/mol. The van der Waals surface area contributed by atoms with Gasteiger partial charge in [0, 0.05) is 12.5 Å². The summed E-state index contributed by atoms with van der Waals surface area (Å²) in [6.07, 6.45) is 1.83. The van der Waals surface area contributed by atoms with Gasteiger partial charge in [0.05, 0.1) is 5.38 Å². The molecule has 0 saturated carbocycles. The van der Waals surface area contributed by atoms with Crippen molar-refractivity contribution < 1.29 is 9.53 Å². The van der Waals surface area contributed by atoms with Crippen LogP contribution >= 0.6 is 11.3 Å². The molecule has 0 aliphatic heterocycles. The van der Waals surface area contributed by atoms with Crippen molar-refractivity contribution in [3.05, 3.63) is 58.3 Å². The van der Waals surface area contributed by atoms with Crippen LogP contribution in [0, 0.1) is 5.38 Å². The minimum Gasteiger partial charge on any atom is -0.426 e. The van der Waals surface area contributed by atoms with Crippen LogP contribution in [0.15, 0.2) is 41.8 Å². The molecule has 0 spiro atoms. The minimum absolute atomic E-state index is 0.327.